The molecule has 1 aromatic rings. The summed E-state index contributed by atoms with van der Waals surface area (Å²) in [5, 5.41) is 0.528. The number of carbonyl (C=O) groups is 1. The highest BCUT2D eigenvalue weighted by Crippen LogP contribution is 2.36. The van der Waals surface area contributed by atoms with Crippen LogP contribution in [0, 0.1) is 12.8 Å². The summed E-state index contributed by atoms with van der Waals surface area (Å²) in [6, 6.07) is 2.19. The van der Waals surface area contributed by atoms with Gasteiger partial charge in [-0.15, -0.1) is 0 Å². The van der Waals surface area contributed by atoms with E-state index in [1.807, 2.05) is 6.92 Å². The lowest BCUT2D eigenvalue weighted by Gasteiger charge is -2.44. The molecule has 108 valence electrons. The highest BCUT2D eigenvalue weighted by molar-refractivity contribution is 6.33. The van der Waals surface area contributed by atoms with Crippen molar-refractivity contribution < 1.29 is 4.79 Å². The normalized spacial score (nSPS) is 26.2. The Morgan fingerprint density at radius 3 is 2.85 bits per heavy atom. The Bertz CT molecular complexity index is 515. The molecule has 2 atom stereocenters. The number of carbonyl (C=O) groups excluding carboxylic acids is 1. The topological polar surface area (TPSA) is 33.2 Å². The minimum atomic E-state index is 0.0686. The van der Waals surface area contributed by atoms with E-state index >= 15 is 0 Å². The Labute approximate surface area is 125 Å². The predicted molar refractivity (Wildman–Crippen MR) is 80.0 cm³/mol. The molecular weight excluding hydrogens is 272 g/mol. The molecule has 0 spiro atoms. The van der Waals surface area contributed by atoms with E-state index in [-0.39, 0.29) is 5.91 Å². The number of fused-ring (bicyclic) bond motifs is 1. The molecule has 2 aliphatic rings. The summed E-state index contributed by atoms with van der Waals surface area (Å²) in [5.74, 6) is 0.762. The molecule has 0 N–H and O–H groups in total. The van der Waals surface area contributed by atoms with Crippen molar-refractivity contribution in [2.24, 2.45) is 5.92 Å². The second kappa shape index (κ2) is 5.72. The van der Waals surface area contributed by atoms with Gasteiger partial charge in [-0.3, -0.25) is 9.78 Å². The number of pyridine rings is 1. The first-order chi connectivity index (χ1) is 9.66. The summed E-state index contributed by atoms with van der Waals surface area (Å²) in [4.78, 5) is 19.1. The van der Waals surface area contributed by atoms with Crippen molar-refractivity contribution in [3.05, 3.63) is 28.5 Å². The summed E-state index contributed by atoms with van der Waals surface area (Å²) in [6.45, 7) is 2.75. The Morgan fingerprint density at radius 1 is 1.30 bits per heavy atom. The van der Waals surface area contributed by atoms with Gasteiger partial charge in [0.05, 0.1) is 10.6 Å². The molecule has 0 aromatic carbocycles. The van der Waals surface area contributed by atoms with Gasteiger partial charge in [-0.1, -0.05) is 24.4 Å². The third-order valence-electron chi connectivity index (χ3n) is 4.72. The standard InChI is InChI=1S/C16H21ClN2O/c1-11-9-14(17)13(10-18-11)16(20)19-8-4-6-12-5-2-3-7-15(12)19/h9-10,12,15H,2-8H2,1H3/t12-,15-/m1/s1. The predicted octanol–water partition coefficient (Wildman–Crippen LogP) is 3.84. The second-order valence-electron chi connectivity index (χ2n) is 6.06. The number of hydrogen-bond donors (Lipinski definition) is 0. The number of halogens is 1. The van der Waals surface area contributed by atoms with E-state index in [1.54, 1.807) is 12.3 Å². The molecule has 1 amide bonds. The van der Waals surface area contributed by atoms with Crippen LogP contribution in [0.25, 0.3) is 0 Å². The van der Waals surface area contributed by atoms with Gasteiger partial charge in [0, 0.05) is 24.5 Å². The largest absolute Gasteiger partial charge is 0.335 e. The van der Waals surface area contributed by atoms with E-state index in [0.29, 0.717) is 22.5 Å². The highest BCUT2D eigenvalue weighted by atomic mass is 35.5. The highest BCUT2D eigenvalue weighted by Gasteiger charge is 2.36. The molecule has 4 heteroatoms. The van der Waals surface area contributed by atoms with Gasteiger partial charge in [0.25, 0.3) is 5.91 Å². The van der Waals surface area contributed by atoms with Crippen LogP contribution in [-0.4, -0.2) is 28.4 Å². The van der Waals surface area contributed by atoms with Gasteiger partial charge < -0.3 is 4.90 Å². The zero-order valence-electron chi connectivity index (χ0n) is 11.9. The number of amides is 1. The van der Waals surface area contributed by atoms with Crippen LogP contribution >= 0.6 is 11.6 Å². The van der Waals surface area contributed by atoms with Gasteiger partial charge in [-0.2, -0.15) is 0 Å². The monoisotopic (exact) mass is 292 g/mol. The minimum Gasteiger partial charge on any atom is -0.335 e. The summed E-state index contributed by atoms with van der Waals surface area (Å²) in [5.41, 5.74) is 1.41. The van der Waals surface area contributed by atoms with Gasteiger partial charge in [-0.05, 0) is 44.6 Å². The summed E-state index contributed by atoms with van der Waals surface area (Å²) >= 11 is 6.23. The van der Waals surface area contributed by atoms with Crippen molar-refractivity contribution in [2.45, 2.75) is 51.5 Å². The lowest BCUT2D eigenvalue weighted by atomic mass is 9.78. The maximum Gasteiger partial charge on any atom is 0.257 e. The number of likely N-dealkylation sites (tertiary alicyclic amines) is 1. The second-order valence-corrected chi connectivity index (χ2v) is 6.47. The number of rotatable bonds is 1. The van der Waals surface area contributed by atoms with Crippen molar-refractivity contribution in [2.75, 3.05) is 6.54 Å². The number of hydrogen-bond acceptors (Lipinski definition) is 2. The zero-order chi connectivity index (χ0) is 14.1. The van der Waals surface area contributed by atoms with E-state index in [2.05, 4.69) is 9.88 Å². The van der Waals surface area contributed by atoms with E-state index in [0.717, 1.165) is 25.1 Å². The van der Waals surface area contributed by atoms with E-state index in [1.165, 1.54) is 25.7 Å². The van der Waals surface area contributed by atoms with Crippen LogP contribution in [0.4, 0.5) is 0 Å². The first-order valence-electron chi connectivity index (χ1n) is 7.60. The fourth-order valence-corrected chi connectivity index (χ4v) is 4.00. The average Bonchev–Trinajstić information content (AvgIpc) is 2.46. The lowest BCUT2D eigenvalue weighted by molar-refractivity contribution is 0.0390. The fourth-order valence-electron chi connectivity index (χ4n) is 3.72. The number of nitrogens with zero attached hydrogens (tertiary/aromatic N) is 2. The first-order valence-corrected chi connectivity index (χ1v) is 7.98. The van der Waals surface area contributed by atoms with E-state index in [9.17, 15) is 4.79 Å². The molecule has 1 aliphatic heterocycles. The molecule has 20 heavy (non-hydrogen) atoms. The van der Waals surface area contributed by atoms with Crippen LogP contribution < -0.4 is 0 Å². The molecule has 0 bridgehead atoms. The molecule has 1 saturated carbocycles. The number of aromatic nitrogens is 1. The quantitative estimate of drug-likeness (QED) is 0.788. The van der Waals surface area contributed by atoms with Crippen LogP contribution in [0.2, 0.25) is 5.02 Å². The van der Waals surface area contributed by atoms with Gasteiger partial charge in [0.1, 0.15) is 0 Å². The molecule has 1 aliphatic carbocycles. The molecule has 0 unspecified atom stereocenters. The number of aryl methyl sites for hydroxylation is 1. The molecule has 3 nitrogen and oxygen atoms in total. The van der Waals surface area contributed by atoms with Crippen LogP contribution in [0.5, 0.6) is 0 Å². The van der Waals surface area contributed by atoms with Crippen molar-refractivity contribution in [3.8, 4) is 0 Å². The Balaban J connectivity index is 1.85. The maximum absolute atomic E-state index is 12.8. The van der Waals surface area contributed by atoms with Gasteiger partial charge >= 0.3 is 0 Å². The van der Waals surface area contributed by atoms with Crippen molar-refractivity contribution >= 4 is 17.5 Å². The maximum atomic E-state index is 12.8. The Kier molecular flexibility index (Phi) is 3.97. The average molecular weight is 293 g/mol. The SMILES string of the molecule is Cc1cc(Cl)c(C(=O)N2CCC[C@H]3CCCC[C@H]32)cn1. The third-order valence-corrected chi connectivity index (χ3v) is 5.04. The first kappa shape index (κ1) is 13.9. The molecule has 0 radical (unpaired) electrons. The van der Waals surface area contributed by atoms with Crippen molar-refractivity contribution in [1.29, 1.82) is 0 Å². The van der Waals surface area contributed by atoms with Crippen molar-refractivity contribution in [3.63, 3.8) is 0 Å². The van der Waals surface area contributed by atoms with Crippen molar-refractivity contribution in [1.82, 2.24) is 9.88 Å². The summed E-state index contributed by atoms with van der Waals surface area (Å²) in [7, 11) is 0. The molecule has 1 aromatic heterocycles. The van der Waals surface area contributed by atoms with Crippen LogP contribution in [0.15, 0.2) is 12.3 Å². The summed E-state index contributed by atoms with van der Waals surface area (Å²) < 4.78 is 0. The van der Waals surface area contributed by atoms with Gasteiger partial charge in [0.2, 0.25) is 0 Å². The number of piperidine rings is 1. The Hall–Kier alpha value is -1.09. The van der Waals surface area contributed by atoms with E-state index in [4.69, 9.17) is 11.6 Å². The summed E-state index contributed by atoms with van der Waals surface area (Å²) in [6.07, 6.45) is 8.99. The smallest absolute Gasteiger partial charge is 0.257 e. The lowest BCUT2D eigenvalue weighted by Crippen LogP contribution is -2.49. The molecule has 2 heterocycles. The fraction of sp³-hybridized carbons (Fsp3) is 0.625. The van der Waals surface area contributed by atoms with Crippen LogP contribution in [0.1, 0.15) is 54.6 Å². The molecular formula is C16H21ClN2O. The van der Waals surface area contributed by atoms with Gasteiger partial charge in [0.15, 0.2) is 0 Å². The molecule has 1 saturated heterocycles. The third kappa shape index (κ3) is 2.56. The van der Waals surface area contributed by atoms with Crippen LogP contribution in [0.3, 0.4) is 0 Å². The van der Waals surface area contributed by atoms with Gasteiger partial charge in [-0.25, -0.2) is 0 Å². The molecule has 3 rings (SSSR count). The Morgan fingerprint density at radius 2 is 2.05 bits per heavy atom. The molecule has 2 fully saturated rings. The zero-order valence-corrected chi connectivity index (χ0v) is 12.7. The van der Waals surface area contributed by atoms with E-state index < -0.39 is 0 Å². The minimum absolute atomic E-state index is 0.0686. The van der Waals surface area contributed by atoms with Crippen LogP contribution in [-0.2, 0) is 0 Å².